The molecule has 6 N–H and O–H groups in total. The van der Waals surface area contributed by atoms with Gasteiger partial charge in [-0.1, -0.05) is 89.9 Å². The van der Waals surface area contributed by atoms with Gasteiger partial charge in [0, 0.05) is 75.8 Å². The van der Waals surface area contributed by atoms with Crippen LogP contribution < -0.4 is 16.0 Å². The van der Waals surface area contributed by atoms with Crippen LogP contribution in [0.1, 0.15) is 212 Å². The minimum absolute atomic E-state index is 0.0166. The molecule has 2 atom stereocenters. The molecule has 0 aromatic carbocycles. The van der Waals surface area contributed by atoms with E-state index in [9.17, 15) is 48.3 Å². The van der Waals surface area contributed by atoms with Crippen molar-refractivity contribution < 1.29 is 72.3 Å². The molecule has 1 aromatic heterocycles. The van der Waals surface area contributed by atoms with Crippen molar-refractivity contribution in [3.63, 3.8) is 0 Å². The molecular formula is C60H101N5O15. The van der Waals surface area contributed by atoms with Gasteiger partial charge >= 0.3 is 11.9 Å². The van der Waals surface area contributed by atoms with Crippen LogP contribution in [-0.4, -0.2) is 151 Å². The van der Waals surface area contributed by atoms with Crippen molar-refractivity contribution in [2.24, 2.45) is 17.8 Å². The Balaban J connectivity index is 1.36. The van der Waals surface area contributed by atoms with Gasteiger partial charge in [-0.05, 0) is 83.5 Å². The number of ketones is 5. The molecule has 456 valence electrons. The number of ether oxygens (including phenoxy) is 4. The highest BCUT2D eigenvalue weighted by molar-refractivity contribution is 5.86. The fourth-order valence-corrected chi connectivity index (χ4v) is 9.86. The second-order valence-corrected chi connectivity index (χ2v) is 21.7. The molecule has 80 heavy (non-hydrogen) atoms. The number of unbranched alkanes of at least 4 members (excludes halogenated alkanes) is 15. The minimum atomic E-state index is -1.09. The van der Waals surface area contributed by atoms with Crippen LogP contribution in [0, 0.1) is 17.8 Å². The Kier molecular flexibility index (Phi) is 42.7. The number of rotatable bonds is 56. The number of nitrogens with zero attached hydrogens (tertiary/aromatic N) is 1. The number of aromatic amines is 1. The number of hydrogen-bond acceptors (Lipinski definition) is 15. The number of carbonyl (C=O) groups is 9. The number of H-pyrrole nitrogens is 1. The van der Waals surface area contributed by atoms with Crippen LogP contribution in [0.4, 0.5) is 0 Å². The van der Waals surface area contributed by atoms with Gasteiger partial charge in [0.15, 0.2) is 5.78 Å². The topological polar surface area (TPSA) is 296 Å². The quantitative estimate of drug-likeness (QED) is 0.0335. The largest absolute Gasteiger partial charge is 0.481 e. The normalized spacial score (nSPS) is 15.0. The zero-order valence-electron chi connectivity index (χ0n) is 48.5. The summed E-state index contributed by atoms with van der Waals surface area (Å²) in [6.45, 7) is 3.23. The molecule has 0 unspecified atom stereocenters. The van der Waals surface area contributed by atoms with Crippen LogP contribution >= 0.6 is 0 Å². The Labute approximate surface area is 476 Å². The smallest absolute Gasteiger partial charge is 0.306 e. The monoisotopic (exact) mass is 1130 g/mol. The molecule has 1 saturated carbocycles. The maximum absolute atomic E-state index is 13.1. The maximum Gasteiger partial charge on any atom is 0.306 e. The summed E-state index contributed by atoms with van der Waals surface area (Å²) in [5.41, 5.74) is 0.891. The number of carboxylic acid groups (broad SMARTS) is 2. The number of carboxylic acids is 2. The second kappa shape index (κ2) is 47.8. The molecular weight excluding hydrogens is 1030 g/mol. The standard InChI is InChI=1S/C60H101N5O15/c1-47(66)55(64-43-53(68)31-29-51-42-61-46-65-51)21-17-14-16-20-54(69)44-79-39-37-78-36-34-63-58(72)45-80-40-38-77-35-33-62-57(71)32-28-50(60(75)76)41-56(70)49-26-23-48(24-27-49)25-30-52(67)19-15-12-10-8-6-4-2-3-5-7-9-11-13-18-22-59(73)74/h42,46,48-50,55,64H,2-41,43-45H2,1H3,(H,61,65)(H,62,71)(H,63,72)(H,73,74)(H,75,76)/t48?,49?,50-,55+/m1/s1. The van der Waals surface area contributed by atoms with Gasteiger partial charge in [-0.2, -0.15) is 0 Å². The lowest BCUT2D eigenvalue weighted by molar-refractivity contribution is -0.145. The maximum atomic E-state index is 13.1. The number of aryl methyl sites for hydroxylation is 1. The predicted octanol–water partition coefficient (Wildman–Crippen LogP) is 8.20. The summed E-state index contributed by atoms with van der Waals surface area (Å²) in [5.74, 6) is -2.89. The molecule has 1 aliphatic carbocycles. The first-order chi connectivity index (χ1) is 38.7. The minimum Gasteiger partial charge on any atom is -0.481 e. The lowest BCUT2D eigenvalue weighted by Crippen LogP contribution is -2.38. The summed E-state index contributed by atoms with van der Waals surface area (Å²) >= 11 is 0. The van der Waals surface area contributed by atoms with Crippen LogP contribution in [-0.2, 0) is 68.5 Å². The zero-order chi connectivity index (χ0) is 58.3. The van der Waals surface area contributed by atoms with E-state index in [1.54, 1.807) is 12.5 Å². The number of imidazole rings is 1. The van der Waals surface area contributed by atoms with Gasteiger partial charge in [0.2, 0.25) is 11.8 Å². The van der Waals surface area contributed by atoms with Gasteiger partial charge in [-0.15, -0.1) is 0 Å². The molecule has 0 spiro atoms. The number of amides is 2. The number of aliphatic carboxylic acids is 2. The van der Waals surface area contributed by atoms with Crippen molar-refractivity contribution >= 4 is 52.7 Å². The Morgan fingerprint density at radius 2 is 1.11 bits per heavy atom. The Hall–Kier alpha value is -4.76. The number of carbonyl (C=O) groups excluding carboxylic acids is 7. The first kappa shape index (κ1) is 71.3. The molecule has 20 heteroatoms. The molecule has 0 saturated heterocycles. The number of hydrogen-bond donors (Lipinski definition) is 6. The van der Waals surface area contributed by atoms with Crippen molar-refractivity contribution in [3.05, 3.63) is 18.2 Å². The summed E-state index contributed by atoms with van der Waals surface area (Å²) in [7, 11) is 0. The van der Waals surface area contributed by atoms with Crippen LogP contribution in [0.5, 0.6) is 0 Å². The fraction of sp³-hybridized carbons (Fsp3) is 0.800. The summed E-state index contributed by atoms with van der Waals surface area (Å²) in [5, 5.41) is 27.0. The Bertz CT molecular complexity index is 1870. The van der Waals surface area contributed by atoms with E-state index in [4.69, 9.17) is 24.1 Å². The van der Waals surface area contributed by atoms with E-state index in [1.165, 1.54) is 64.7 Å². The fourth-order valence-electron chi connectivity index (χ4n) is 9.86. The van der Waals surface area contributed by atoms with Gasteiger partial charge in [0.25, 0.3) is 0 Å². The zero-order valence-corrected chi connectivity index (χ0v) is 48.5. The Morgan fingerprint density at radius 3 is 1.68 bits per heavy atom. The summed E-state index contributed by atoms with van der Waals surface area (Å²) in [6.07, 6.45) is 28.9. The third kappa shape index (κ3) is 40.4. The van der Waals surface area contributed by atoms with Crippen molar-refractivity contribution in [2.45, 2.75) is 218 Å². The Morgan fingerprint density at radius 1 is 0.575 bits per heavy atom. The molecule has 20 nitrogen and oxygen atoms in total. The van der Waals surface area contributed by atoms with E-state index < -0.39 is 23.9 Å². The second-order valence-electron chi connectivity index (χ2n) is 21.7. The average molecular weight is 1130 g/mol. The van der Waals surface area contributed by atoms with Gasteiger partial charge in [-0.3, -0.25) is 43.2 Å². The number of Topliss-reactive ketones (excluding diaryl/α,β-unsaturated/α-hetero) is 5. The molecule has 2 rings (SSSR count). The third-order valence-electron chi connectivity index (χ3n) is 14.8. The molecule has 0 bridgehead atoms. The van der Waals surface area contributed by atoms with Gasteiger partial charge in [-0.25, -0.2) is 4.98 Å². The van der Waals surface area contributed by atoms with E-state index in [2.05, 4.69) is 25.9 Å². The van der Waals surface area contributed by atoms with Crippen LogP contribution in [0.3, 0.4) is 0 Å². The van der Waals surface area contributed by atoms with E-state index in [0.29, 0.717) is 69.5 Å². The van der Waals surface area contributed by atoms with Gasteiger partial charge in [0.05, 0.1) is 64.5 Å². The number of aromatic nitrogens is 2. The first-order valence-electron chi connectivity index (χ1n) is 30.3. The molecule has 1 aromatic rings. The summed E-state index contributed by atoms with van der Waals surface area (Å²) in [6, 6.07) is -0.393. The van der Waals surface area contributed by atoms with Gasteiger partial charge in [0.1, 0.15) is 36.3 Å². The first-order valence-corrected chi connectivity index (χ1v) is 30.3. The number of nitrogens with one attached hydrogen (secondary N) is 4. The van der Waals surface area contributed by atoms with Crippen molar-refractivity contribution in [3.8, 4) is 0 Å². The SMILES string of the molecule is CC(=O)[C@H](CCCCCC(=O)COCCOCCNC(=O)COCCOCCNC(=O)CC[C@H](CC(=O)C1CCC(CCC(=O)CCCCCCCCCCCCCCCCC(=O)O)CC1)C(=O)O)NCC(=O)CCc1cnc[nH]1. The van der Waals surface area contributed by atoms with Crippen LogP contribution in [0.2, 0.25) is 0 Å². The van der Waals surface area contributed by atoms with Crippen molar-refractivity contribution in [2.75, 3.05) is 72.5 Å². The molecule has 2 amide bonds. The predicted molar refractivity (Wildman–Crippen MR) is 303 cm³/mol. The van der Waals surface area contributed by atoms with Crippen LogP contribution in [0.25, 0.3) is 0 Å². The van der Waals surface area contributed by atoms with E-state index >= 15 is 0 Å². The van der Waals surface area contributed by atoms with E-state index in [1.807, 2.05) is 0 Å². The highest BCUT2D eigenvalue weighted by atomic mass is 16.5. The van der Waals surface area contributed by atoms with E-state index in [0.717, 1.165) is 69.9 Å². The highest BCUT2D eigenvalue weighted by Crippen LogP contribution is 2.34. The summed E-state index contributed by atoms with van der Waals surface area (Å²) in [4.78, 5) is 116. The lowest BCUT2D eigenvalue weighted by Gasteiger charge is -2.28. The van der Waals surface area contributed by atoms with E-state index in [-0.39, 0.29) is 139 Å². The summed E-state index contributed by atoms with van der Waals surface area (Å²) < 4.78 is 21.6. The van der Waals surface area contributed by atoms with Gasteiger partial charge < -0.3 is 50.1 Å². The molecule has 1 heterocycles. The highest BCUT2D eigenvalue weighted by Gasteiger charge is 2.30. The average Bonchev–Trinajstić information content (AvgIpc) is 3.96. The molecule has 0 aliphatic heterocycles. The molecule has 1 fully saturated rings. The lowest BCUT2D eigenvalue weighted by atomic mass is 9.76. The van der Waals surface area contributed by atoms with Crippen LogP contribution in [0.15, 0.2) is 12.5 Å². The third-order valence-corrected chi connectivity index (χ3v) is 14.8. The van der Waals surface area contributed by atoms with Crippen molar-refractivity contribution in [1.29, 1.82) is 0 Å². The molecule has 0 radical (unpaired) electrons. The molecule has 1 aliphatic rings. The van der Waals surface area contributed by atoms with Crippen molar-refractivity contribution in [1.82, 2.24) is 25.9 Å².